The zero-order valence-electron chi connectivity index (χ0n) is 7.31. The van der Waals surface area contributed by atoms with E-state index >= 15 is 0 Å². The Morgan fingerprint density at radius 1 is 1.43 bits per heavy atom. The van der Waals surface area contributed by atoms with E-state index in [1.165, 1.54) is 11.3 Å². The van der Waals surface area contributed by atoms with E-state index in [0.29, 0.717) is 10.7 Å². The average Bonchev–Trinajstić information content (AvgIpc) is 2.66. The van der Waals surface area contributed by atoms with E-state index < -0.39 is 0 Å². The third kappa shape index (κ3) is 1.65. The zero-order chi connectivity index (χ0) is 9.97. The van der Waals surface area contributed by atoms with Crippen LogP contribution in [0.15, 0.2) is 29.6 Å². The standard InChI is InChI=1S/C10H8N2OS/c11-8-3-1-2-7(4-8)9-6-14-10(5-13)12-9/h1-6H,11H2. The molecule has 0 bridgehead atoms. The molecule has 1 heterocycles. The van der Waals surface area contributed by atoms with Crippen LogP contribution in [0.25, 0.3) is 11.3 Å². The Morgan fingerprint density at radius 2 is 2.29 bits per heavy atom. The SMILES string of the molecule is Nc1cccc(-c2csc(C=O)n2)c1. The number of aldehydes is 1. The number of benzene rings is 1. The molecule has 14 heavy (non-hydrogen) atoms. The molecule has 0 spiro atoms. The number of thiazole rings is 1. The predicted octanol–water partition coefficient (Wildman–Crippen LogP) is 2.20. The van der Waals surface area contributed by atoms with Crippen molar-refractivity contribution in [2.75, 3.05) is 5.73 Å². The molecule has 1 aromatic carbocycles. The lowest BCUT2D eigenvalue weighted by Gasteiger charge is -1.97. The minimum absolute atomic E-state index is 0.488. The molecule has 0 amide bonds. The number of nitrogen functional groups attached to an aromatic ring is 1. The summed E-state index contributed by atoms with van der Waals surface area (Å²) in [5.41, 5.74) is 8.07. The van der Waals surface area contributed by atoms with Gasteiger partial charge < -0.3 is 5.73 Å². The highest BCUT2D eigenvalue weighted by Crippen LogP contribution is 2.22. The van der Waals surface area contributed by atoms with Crippen molar-refractivity contribution in [1.29, 1.82) is 0 Å². The number of nitrogens with two attached hydrogens (primary N) is 1. The maximum absolute atomic E-state index is 10.4. The molecule has 0 aliphatic heterocycles. The number of anilines is 1. The van der Waals surface area contributed by atoms with Gasteiger partial charge in [-0.3, -0.25) is 4.79 Å². The number of carbonyl (C=O) groups excluding carboxylic acids is 1. The molecule has 0 atom stereocenters. The Balaban J connectivity index is 2.43. The van der Waals surface area contributed by atoms with Gasteiger partial charge in [0.2, 0.25) is 0 Å². The molecule has 0 fully saturated rings. The van der Waals surface area contributed by atoms with Crippen LogP contribution in [0, 0.1) is 0 Å². The second-order valence-electron chi connectivity index (χ2n) is 2.81. The number of rotatable bonds is 2. The van der Waals surface area contributed by atoms with Gasteiger partial charge in [-0.2, -0.15) is 0 Å². The normalized spacial score (nSPS) is 10.0. The summed E-state index contributed by atoms with van der Waals surface area (Å²) in [4.78, 5) is 14.6. The Kier molecular flexibility index (Phi) is 2.28. The number of hydrogen-bond donors (Lipinski definition) is 1. The molecule has 4 heteroatoms. The molecule has 2 N–H and O–H groups in total. The smallest absolute Gasteiger partial charge is 0.178 e. The molecule has 3 nitrogen and oxygen atoms in total. The van der Waals surface area contributed by atoms with Crippen LogP contribution in [0.4, 0.5) is 5.69 Å². The summed E-state index contributed by atoms with van der Waals surface area (Å²) in [5, 5.41) is 2.33. The van der Waals surface area contributed by atoms with E-state index in [1.807, 2.05) is 29.6 Å². The van der Waals surface area contributed by atoms with Crippen molar-refractivity contribution < 1.29 is 4.79 Å². The lowest BCUT2D eigenvalue weighted by molar-refractivity contribution is 0.112. The molecular weight excluding hydrogens is 196 g/mol. The van der Waals surface area contributed by atoms with Gasteiger partial charge in [-0.25, -0.2) is 4.98 Å². The Labute approximate surface area is 85.2 Å². The monoisotopic (exact) mass is 204 g/mol. The van der Waals surface area contributed by atoms with Crippen LogP contribution in [0.3, 0.4) is 0 Å². The number of carbonyl (C=O) groups is 1. The summed E-state index contributed by atoms with van der Waals surface area (Å²) in [7, 11) is 0. The molecule has 0 saturated heterocycles. The summed E-state index contributed by atoms with van der Waals surface area (Å²) >= 11 is 1.33. The average molecular weight is 204 g/mol. The van der Waals surface area contributed by atoms with Crippen LogP contribution >= 0.6 is 11.3 Å². The van der Waals surface area contributed by atoms with Gasteiger partial charge in [-0.05, 0) is 12.1 Å². The van der Waals surface area contributed by atoms with Crippen LogP contribution < -0.4 is 5.73 Å². The van der Waals surface area contributed by atoms with E-state index in [9.17, 15) is 4.79 Å². The molecule has 2 aromatic rings. The van der Waals surface area contributed by atoms with E-state index in [4.69, 9.17) is 5.73 Å². The minimum atomic E-state index is 0.488. The van der Waals surface area contributed by atoms with Gasteiger partial charge in [-0.1, -0.05) is 12.1 Å². The minimum Gasteiger partial charge on any atom is -0.399 e. The van der Waals surface area contributed by atoms with Crippen LogP contribution in [-0.2, 0) is 0 Å². The van der Waals surface area contributed by atoms with Gasteiger partial charge in [0.05, 0.1) is 5.69 Å². The Bertz CT molecular complexity index is 465. The summed E-state index contributed by atoms with van der Waals surface area (Å²) in [5.74, 6) is 0. The lowest BCUT2D eigenvalue weighted by atomic mass is 10.1. The van der Waals surface area contributed by atoms with Gasteiger partial charge in [0, 0.05) is 16.6 Å². The first-order chi connectivity index (χ1) is 6.79. The van der Waals surface area contributed by atoms with Crippen molar-refractivity contribution in [1.82, 2.24) is 4.98 Å². The first-order valence-electron chi connectivity index (χ1n) is 4.06. The van der Waals surface area contributed by atoms with Crippen LogP contribution in [0.1, 0.15) is 9.80 Å². The van der Waals surface area contributed by atoms with Crippen LogP contribution in [0.5, 0.6) is 0 Å². The van der Waals surface area contributed by atoms with E-state index in [0.717, 1.165) is 17.5 Å². The molecule has 0 radical (unpaired) electrons. The number of aromatic nitrogens is 1. The molecule has 0 unspecified atom stereocenters. The van der Waals surface area contributed by atoms with Crippen LogP contribution in [0.2, 0.25) is 0 Å². The summed E-state index contributed by atoms with van der Waals surface area (Å²) in [6, 6.07) is 7.44. The Hall–Kier alpha value is -1.68. The number of hydrogen-bond acceptors (Lipinski definition) is 4. The van der Waals surface area contributed by atoms with Gasteiger partial charge in [-0.15, -0.1) is 11.3 Å². The second kappa shape index (κ2) is 3.59. The fourth-order valence-electron chi connectivity index (χ4n) is 1.17. The zero-order valence-corrected chi connectivity index (χ0v) is 8.12. The largest absolute Gasteiger partial charge is 0.399 e. The summed E-state index contributed by atoms with van der Waals surface area (Å²) < 4.78 is 0. The molecular formula is C10H8N2OS. The quantitative estimate of drug-likeness (QED) is 0.602. The molecule has 1 aromatic heterocycles. The van der Waals surface area contributed by atoms with Crippen molar-refractivity contribution in [3.05, 3.63) is 34.7 Å². The van der Waals surface area contributed by atoms with Crippen molar-refractivity contribution in [2.45, 2.75) is 0 Å². The summed E-state index contributed by atoms with van der Waals surface area (Å²) in [6.07, 6.45) is 0.750. The molecule has 0 saturated carbocycles. The fraction of sp³-hybridized carbons (Fsp3) is 0. The van der Waals surface area contributed by atoms with Crippen molar-refractivity contribution in [3.8, 4) is 11.3 Å². The lowest BCUT2D eigenvalue weighted by Crippen LogP contribution is -1.85. The fourth-order valence-corrected chi connectivity index (χ4v) is 1.80. The van der Waals surface area contributed by atoms with Crippen molar-refractivity contribution in [3.63, 3.8) is 0 Å². The van der Waals surface area contributed by atoms with Gasteiger partial charge in [0.15, 0.2) is 11.3 Å². The van der Waals surface area contributed by atoms with Crippen molar-refractivity contribution in [2.24, 2.45) is 0 Å². The maximum Gasteiger partial charge on any atom is 0.178 e. The third-order valence-corrected chi connectivity index (χ3v) is 2.58. The first-order valence-corrected chi connectivity index (χ1v) is 4.94. The Morgan fingerprint density at radius 3 is 2.93 bits per heavy atom. The third-order valence-electron chi connectivity index (χ3n) is 1.81. The van der Waals surface area contributed by atoms with E-state index in [2.05, 4.69) is 4.98 Å². The van der Waals surface area contributed by atoms with E-state index in [-0.39, 0.29) is 0 Å². The highest BCUT2D eigenvalue weighted by molar-refractivity contribution is 7.11. The van der Waals surface area contributed by atoms with Crippen LogP contribution in [-0.4, -0.2) is 11.3 Å². The van der Waals surface area contributed by atoms with Gasteiger partial charge in [0.25, 0.3) is 0 Å². The first kappa shape index (κ1) is 8.90. The summed E-state index contributed by atoms with van der Waals surface area (Å²) in [6.45, 7) is 0. The van der Waals surface area contributed by atoms with E-state index in [1.54, 1.807) is 0 Å². The number of nitrogens with zero attached hydrogens (tertiary/aromatic N) is 1. The molecule has 0 aliphatic carbocycles. The van der Waals surface area contributed by atoms with Gasteiger partial charge >= 0.3 is 0 Å². The molecule has 0 aliphatic rings. The maximum atomic E-state index is 10.4. The topological polar surface area (TPSA) is 56.0 Å². The highest BCUT2D eigenvalue weighted by Gasteiger charge is 2.03. The predicted molar refractivity (Wildman–Crippen MR) is 57.3 cm³/mol. The molecule has 70 valence electrons. The van der Waals surface area contributed by atoms with Gasteiger partial charge in [0.1, 0.15) is 0 Å². The van der Waals surface area contributed by atoms with Crippen molar-refractivity contribution >= 4 is 23.3 Å². The second-order valence-corrected chi connectivity index (χ2v) is 3.70. The highest BCUT2D eigenvalue weighted by atomic mass is 32.1. The molecule has 2 rings (SSSR count).